The third-order valence-electron chi connectivity index (χ3n) is 3.96. The van der Waals surface area contributed by atoms with Gasteiger partial charge in [0, 0.05) is 13.2 Å². The zero-order chi connectivity index (χ0) is 19.2. The van der Waals surface area contributed by atoms with Crippen LogP contribution in [0.2, 0.25) is 0 Å². The summed E-state index contributed by atoms with van der Waals surface area (Å²) in [5.41, 5.74) is 1.56. The average Bonchev–Trinajstić information content (AvgIpc) is 2.69. The standard InChI is InChI=1S/C22H28Cl2O3/c23-21(13-7-15-25-17-19-9-3-1-4-10-19)27-22(24)14-8-16-26-18-20-11-5-2-6-12-20/h1-6,9-12,21-22H,7-8,13-18H2. The summed E-state index contributed by atoms with van der Waals surface area (Å²) in [5, 5.41) is 0. The second kappa shape index (κ2) is 14.0. The molecule has 0 spiro atoms. The smallest absolute Gasteiger partial charge is 0.133 e. The molecule has 2 atom stereocenters. The molecule has 0 saturated heterocycles. The van der Waals surface area contributed by atoms with Crippen molar-refractivity contribution in [1.82, 2.24) is 0 Å². The lowest BCUT2D eigenvalue weighted by molar-refractivity contribution is 0.0496. The number of benzene rings is 2. The number of hydrogen-bond acceptors (Lipinski definition) is 3. The number of alkyl halides is 2. The summed E-state index contributed by atoms with van der Waals surface area (Å²) in [4.78, 5) is 0. The minimum Gasteiger partial charge on any atom is -0.377 e. The fourth-order valence-electron chi connectivity index (χ4n) is 2.52. The van der Waals surface area contributed by atoms with E-state index in [9.17, 15) is 0 Å². The van der Waals surface area contributed by atoms with Crippen molar-refractivity contribution in [2.45, 2.75) is 50.0 Å². The van der Waals surface area contributed by atoms with Gasteiger partial charge in [0.2, 0.25) is 0 Å². The van der Waals surface area contributed by atoms with E-state index in [1.165, 1.54) is 11.1 Å². The first-order valence-electron chi connectivity index (χ1n) is 9.41. The Morgan fingerprint density at radius 3 is 1.44 bits per heavy atom. The van der Waals surface area contributed by atoms with Gasteiger partial charge in [0.25, 0.3) is 0 Å². The van der Waals surface area contributed by atoms with Crippen molar-refractivity contribution in [3.63, 3.8) is 0 Å². The molecule has 2 aromatic carbocycles. The predicted octanol–water partition coefficient (Wildman–Crippen LogP) is 6.13. The highest BCUT2D eigenvalue weighted by Gasteiger charge is 2.12. The number of ether oxygens (including phenoxy) is 3. The van der Waals surface area contributed by atoms with Gasteiger partial charge in [0.1, 0.15) is 11.1 Å². The molecule has 2 rings (SSSR count). The Kier molecular flexibility index (Phi) is 11.5. The van der Waals surface area contributed by atoms with Gasteiger partial charge in [-0.3, -0.25) is 0 Å². The molecule has 2 aromatic rings. The van der Waals surface area contributed by atoms with Crippen molar-refractivity contribution < 1.29 is 14.2 Å². The Hall–Kier alpha value is -1.10. The topological polar surface area (TPSA) is 27.7 Å². The minimum atomic E-state index is -0.391. The fourth-order valence-corrected chi connectivity index (χ4v) is 3.13. The van der Waals surface area contributed by atoms with Crippen molar-refractivity contribution in [3.8, 4) is 0 Å². The van der Waals surface area contributed by atoms with Gasteiger partial charge in [-0.05, 0) is 36.8 Å². The molecule has 0 fully saturated rings. The van der Waals surface area contributed by atoms with Gasteiger partial charge in [0.15, 0.2) is 0 Å². The van der Waals surface area contributed by atoms with Gasteiger partial charge in [-0.1, -0.05) is 83.9 Å². The third-order valence-corrected chi connectivity index (χ3v) is 4.60. The normalized spacial score (nSPS) is 13.4. The van der Waals surface area contributed by atoms with Gasteiger partial charge < -0.3 is 14.2 Å². The summed E-state index contributed by atoms with van der Waals surface area (Å²) >= 11 is 12.4. The van der Waals surface area contributed by atoms with E-state index in [1.807, 2.05) is 36.4 Å². The highest BCUT2D eigenvalue weighted by atomic mass is 35.5. The van der Waals surface area contributed by atoms with E-state index in [-0.39, 0.29) is 0 Å². The van der Waals surface area contributed by atoms with E-state index in [0.717, 1.165) is 12.8 Å². The quantitative estimate of drug-likeness (QED) is 0.277. The molecule has 27 heavy (non-hydrogen) atoms. The van der Waals surface area contributed by atoms with Crippen LogP contribution in [-0.4, -0.2) is 24.3 Å². The molecule has 2 unspecified atom stereocenters. The SMILES string of the molecule is ClC(CCCOCc1ccccc1)OC(Cl)CCCOCc1ccccc1. The van der Waals surface area contributed by atoms with Crippen LogP contribution in [0.4, 0.5) is 0 Å². The molecule has 0 aliphatic rings. The molecular formula is C22H28Cl2O3. The number of halogens is 2. The van der Waals surface area contributed by atoms with Gasteiger partial charge in [-0.15, -0.1) is 0 Å². The van der Waals surface area contributed by atoms with Crippen molar-refractivity contribution in [3.05, 3.63) is 71.8 Å². The van der Waals surface area contributed by atoms with E-state index >= 15 is 0 Å². The molecule has 0 saturated carbocycles. The second-order valence-corrected chi connectivity index (χ2v) is 7.29. The second-order valence-electron chi connectivity index (χ2n) is 6.32. The maximum atomic E-state index is 6.20. The van der Waals surface area contributed by atoms with Crippen molar-refractivity contribution in [2.24, 2.45) is 0 Å². The van der Waals surface area contributed by atoms with Gasteiger partial charge in [-0.2, -0.15) is 0 Å². The molecule has 0 N–H and O–H groups in total. The predicted molar refractivity (Wildman–Crippen MR) is 111 cm³/mol. The molecule has 5 heteroatoms. The zero-order valence-corrected chi connectivity index (χ0v) is 17.1. The Morgan fingerprint density at radius 2 is 1.04 bits per heavy atom. The van der Waals surface area contributed by atoms with E-state index in [0.29, 0.717) is 39.3 Å². The minimum absolute atomic E-state index is 0.391. The lowest BCUT2D eigenvalue weighted by atomic mass is 10.2. The van der Waals surface area contributed by atoms with Crippen LogP contribution < -0.4 is 0 Å². The number of hydrogen-bond donors (Lipinski definition) is 0. The van der Waals surface area contributed by atoms with Crippen molar-refractivity contribution in [1.29, 1.82) is 0 Å². The summed E-state index contributed by atoms with van der Waals surface area (Å²) in [6, 6.07) is 20.2. The van der Waals surface area contributed by atoms with Crippen LogP contribution in [0.15, 0.2) is 60.7 Å². The van der Waals surface area contributed by atoms with Crippen LogP contribution in [0.1, 0.15) is 36.8 Å². The summed E-state index contributed by atoms with van der Waals surface area (Å²) in [6.07, 6.45) is 3.10. The van der Waals surface area contributed by atoms with Crippen LogP contribution in [0, 0.1) is 0 Å². The van der Waals surface area contributed by atoms with Gasteiger partial charge >= 0.3 is 0 Å². The molecule has 0 bridgehead atoms. The zero-order valence-electron chi connectivity index (χ0n) is 15.6. The number of rotatable bonds is 14. The molecule has 3 nitrogen and oxygen atoms in total. The summed E-state index contributed by atoms with van der Waals surface area (Å²) in [7, 11) is 0. The first kappa shape index (κ1) is 22.2. The summed E-state index contributed by atoms with van der Waals surface area (Å²) < 4.78 is 16.9. The molecule has 0 aromatic heterocycles. The average molecular weight is 411 g/mol. The van der Waals surface area contributed by atoms with E-state index < -0.39 is 11.1 Å². The Bertz CT molecular complexity index is 542. The Balaban J connectivity index is 1.43. The monoisotopic (exact) mass is 410 g/mol. The molecule has 0 aliphatic carbocycles. The van der Waals surface area contributed by atoms with E-state index in [4.69, 9.17) is 37.4 Å². The van der Waals surface area contributed by atoms with Gasteiger partial charge in [-0.25, -0.2) is 0 Å². The van der Waals surface area contributed by atoms with Crippen LogP contribution in [0.25, 0.3) is 0 Å². The van der Waals surface area contributed by atoms with Crippen LogP contribution in [-0.2, 0) is 27.4 Å². The Labute approximate surface area is 172 Å². The lowest BCUT2D eigenvalue weighted by Gasteiger charge is -2.16. The van der Waals surface area contributed by atoms with E-state index in [1.54, 1.807) is 0 Å². The fraction of sp³-hybridized carbons (Fsp3) is 0.455. The van der Waals surface area contributed by atoms with Crippen LogP contribution in [0.3, 0.4) is 0 Å². The molecule has 0 aliphatic heterocycles. The molecule has 0 amide bonds. The van der Waals surface area contributed by atoms with Crippen LogP contribution in [0.5, 0.6) is 0 Å². The van der Waals surface area contributed by atoms with Crippen LogP contribution >= 0.6 is 23.2 Å². The maximum Gasteiger partial charge on any atom is 0.133 e. The lowest BCUT2D eigenvalue weighted by Crippen LogP contribution is -2.14. The first-order valence-corrected chi connectivity index (χ1v) is 10.3. The van der Waals surface area contributed by atoms with Crippen molar-refractivity contribution in [2.75, 3.05) is 13.2 Å². The highest BCUT2D eigenvalue weighted by molar-refractivity contribution is 6.21. The molecular weight excluding hydrogens is 383 g/mol. The summed E-state index contributed by atoms with van der Waals surface area (Å²) in [6.45, 7) is 2.55. The van der Waals surface area contributed by atoms with Gasteiger partial charge in [0.05, 0.1) is 13.2 Å². The Morgan fingerprint density at radius 1 is 0.630 bits per heavy atom. The third kappa shape index (κ3) is 10.7. The van der Waals surface area contributed by atoms with Crippen molar-refractivity contribution >= 4 is 23.2 Å². The summed E-state index contributed by atoms with van der Waals surface area (Å²) in [5.74, 6) is 0. The largest absolute Gasteiger partial charge is 0.377 e. The molecule has 148 valence electrons. The maximum absolute atomic E-state index is 6.20. The first-order chi connectivity index (χ1) is 13.2. The van der Waals surface area contributed by atoms with E-state index in [2.05, 4.69) is 24.3 Å². The highest BCUT2D eigenvalue weighted by Crippen LogP contribution is 2.16. The molecule has 0 heterocycles. The molecule has 0 radical (unpaired) electrons.